The smallest absolute Gasteiger partial charge is 0.111 e. The number of aliphatic hydroxyl groups is 4. The quantitative estimate of drug-likeness (QED) is 0.473. The van der Waals surface area contributed by atoms with E-state index in [4.69, 9.17) is 9.47 Å². The van der Waals surface area contributed by atoms with Crippen LogP contribution in [-0.4, -0.2) is 58.1 Å². The summed E-state index contributed by atoms with van der Waals surface area (Å²) in [6.07, 6.45) is -4.81. The minimum atomic E-state index is -1.41. The van der Waals surface area contributed by atoms with E-state index in [1.54, 1.807) is 0 Å². The highest BCUT2D eigenvalue weighted by Gasteiger charge is 2.33. The van der Waals surface area contributed by atoms with Crippen LogP contribution in [0.5, 0.6) is 0 Å². The Bertz CT molecular complexity index is 551. The van der Waals surface area contributed by atoms with Crippen molar-refractivity contribution in [2.45, 2.75) is 37.6 Å². The molecule has 2 aromatic rings. The first-order valence-corrected chi connectivity index (χ1v) is 8.54. The molecule has 0 aliphatic rings. The van der Waals surface area contributed by atoms with Gasteiger partial charge in [-0.1, -0.05) is 60.7 Å². The molecule has 0 aromatic heterocycles. The third-order valence-electron chi connectivity index (χ3n) is 4.09. The molecular weight excluding hydrogens is 336 g/mol. The summed E-state index contributed by atoms with van der Waals surface area (Å²) in [6.45, 7) is -0.571. The number of ether oxygens (including phenoxy) is 2. The number of benzene rings is 2. The van der Waals surface area contributed by atoms with Crippen LogP contribution in [0.1, 0.15) is 11.1 Å². The van der Waals surface area contributed by atoms with Gasteiger partial charge in [-0.3, -0.25) is 0 Å². The molecule has 4 N–H and O–H groups in total. The Morgan fingerprint density at radius 1 is 0.615 bits per heavy atom. The molecule has 0 spiro atoms. The summed E-state index contributed by atoms with van der Waals surface area (Å²) in [5, 5.41) is 39.6. The summed E-state index contributed by atoms with van der Waals surface area (Å²) in [4.78, 5) is 0. The lowest BCUT2D eigenvalue weighted by atomic mass is 10.0. The summed E-state index contributed by atoms with van der Waals surface area (Å²) >= 11 is 0. The molecular formula is C20H26O6. The maximum absolute atomic E-state index is 10.3. The molecule has 0 radical (unpaired) electrons. The van der Waals surface area contributed by atoms with Gasteiger partial charge in [0.1, 0.15) is 24.4 Å². The van der Waals surface area contributed by atoms with Crippen molar-refractivity contribution in [2.75, 3.05) is 13.2 Å². The zero-order valence-electron chi connectivity index (χ0n) is 14.5. The van der Waals surface area contributed by atoms with Crippen LogP contribution in [0.4, 0.5) is 0 Å². The number of hydrogen-bond donors (Lipinski definition) is 4. The average molecular weight is 362 g/mol. The van der Waals surface area contributed by atoms with Gasteiger partial charge in [0.05, 0.1) is 26.4 Å². The predicted molar refractivity (Wildman–Crippen MR) is 96.2 cm³/mol. The molecule has 0 fully saturated rings. The molecule has 0 heterocycles. The van der Waals surface area contributed by atoms with Crippen LogP contribution in [0.15, 0.2) is 60.7 Å². The van der Waals surface area contributed by atoms with Gasteiger partial charge in [0.25, 0.3) is 0 Å². The van der Waals surface area contributed by atoms with Crippen LogP contribution >= 0.6 is 0 Å². The van der Waals surface area contributed by atoms with Crippen molar-refractivity contribution in [3.63, 3.8) is 0 Å². The lowest BCUT2D eigenvalue weighted by Gasteiger charge is -2.30. The SMILES string of the molecule is OC[C@@H](OCc1ccccc1)[C@@H](O)[C@H](O)[C@@H](CO)OCc1ccccc1. The van der Waals surface area contributed by atoms with Crippen LogP contribution in [-0.2, 0) is 22.7 Å². The Balaban J connectivity index is 1.89. The fourth-order valence-electron chi connectivity index (χ4n) is 2.51. The zero-order chi connectivity index (χ0) is 18.8. The van der Waals surface area contributed by atoms with E-state index in [-0.39, 0.29) is 13.2 Å². The number of hydrogen-bond acceptors (Lipinski definition) is 6. The minimum absolute atomic E-state index is 0.185. The molecule has 0 saturated heterocycles. The van der Waals surface area contributed by atoms with Crippen molar-refractivity contribution in [1.82, 2.24) is 0 Å². The van der Waals surface area contributed by atoms with E-state index in [0.717, 1.165) is 11.1 Å². The third kappa shape index (κ3) is 6.17. The highest BCUT2D eigenvalue weighted by atomic mass is 16.5. The van der Waals surface area contributed by atoms with Gasteiger partial charge in [-0.25, -0.2) is 0 Å². The van der Waals surface area contributed by atoms with Crippen molar-refractivity contribution < 1.29 is 29.9 Å². The molecule has 2 aromatic carbocycles. The van der Waals surface area contributed by atoms with Crippen LogP contribution < -0.4 is 0 Å². The minimum Gasteiger partial charge on any atom is -0.394 e. The van der Waals surface area contributed by atoms with E-state index in [9.17, 15) is 20.4 Å². The normalized spacial score (nSPS) is 16.0. The highest BCUT2D eigenvalue weighted by Crippen LogP contribution is 2.14. The van der Waals surface area contributed by atoms with E-state index >= 15 is 0 Å². The Morgan fingerprint density at radius 2 is 0.962 bits per heavy atom. The van der Waals surface area contributed by atoms with Crippen LogP contribution in [0.3, 0.4) is 0 Å². The molecule has 2 rings (SSSR count). The second kappa shape index (κ2) is 11.0. The first-order valence-electron chi connectivity index (χ1n) is 8.54. The van der Waals surface area contributed by atoms with Gasteiger partial charge in [0, 0.05) is 0 Å². The maximum atomic E-state index is 10.3. The fraction of sp³-hybridized carbons (Fsp3) is 0.400. The van der Waals surface area contributed by atoms with Gasteiger partial charge in [-0.05, 0) is 11.1 Å². The van der Waals surface area contributed by atoms with Gasteiger partial charge in [0.15, 0.2) is 0 Å². The monoisotopic (exact) mass is 362 g/mol. The van der Waals surface area contributed by atoms with Gasteiger partial charge in [-0.15, -0.1) is 0 Å². The molecule has 0 aliphatic carbocycles. The van der Waals surface area contributed by atoms with E-state index in [1.807, 2.05) is 60.7 Å². The molecule has 0 amide bonds. The van der Waals surface area contributed by atoms with Gasteiger partial charge < -0.3 is 29.9 Å². The van der Waals surface area contributed by atoms with Crippen molar-refractivity contribution in [1.29, 1.82) is 0 Å². The lowest BCUT2D eigenvalue weighted by Crippen LogP contribution is -2.49. The largest absolute Gasteiger partial charge is 0.394 e. The van der Waals surface area contributed by atoms with Crippen LogP contribution in [0, 0.1) is 0 Å². The van der Waals surface area contributed by atoms with Crippen molar-refractivity contribution >= 4 is 0 Å². The van der Waals surface area contributed by atoms with Gasteiger partial charge in [0.2, 0.25) is 0 Å². The Hall–Kier alpha value is -1.80. The van der Waals surface area contributed by atoms with Crippen LogP contribution in [0.2, 0.25) is 0 Å². The van der Waals surface area contributed by atoms with E-state index in [1.165, 1.54) is 0 Å². The number of aliphatic hydroxyl groups excluding tert-OH is 4. The molecule has 4 atom stereocenters. The van der Waals surface area contributed by atoms with E-state index in [0.29, 0.717) is 0 Å². The second-order valence-electron chi connectivity index (χ2n) is 6.02. The summed E-state index contributed by atoms with van der Waals surface area (Å²) in [5.41, 5.74) is 1.76. The summed E-state index contributed by atoms with van der Waals surface area (Å²) in [5.74, 6) is 0. The van der Waals surface area contributed by atoms with E-state index in [2.05, 4.69) is 0 Å². The molecule has 0 unspecified atom stereocenters. The molecule has 6 nitrogen and oxygen atoms in total. The molecule has 0 saturated carbocycles. The molecule has 0 bridgehead atoms. The second-order valence-corrected chi connectivity index (χ2v) is 6.02. The molecule has 142 valence electrons. The summed E-state index contributed by atoms with van der Waals surface area (Å²) < 4.78 is 11.0. The Morgan fingerprint density at radius 3 is 1.27 bits per heavy atom. The van der Waals surface area contributed by atoms with Crippen LogP contribution in [0.25, 0.3) is 0 Å². The predicted octanol–water partition coefficient (Wildman–Crippen LogP) is 0.864. The molecule has 6 heteroatoms. The fourth-order valence-corrected chi connectivity index (χ4v) is 2.51. The van der Waals surface area contributed by atoms with E-state index < -0.39 is 37.6 Å². The zero-order valence-corrected chi connectivity index (χ0v) is 14.5. The highest BCUT2D eigenvalue weighted by molar-refractivity contribution is 5.14. The average Bonchev–Trinajstić information content (AvgIpc) is 2.70. The first kappa shape index (κ1) is 20.5. The maximum Gasteiger partial charge on any atom is 0.111 e. The van der Waals surface area contributed by atoms with Crippen molar-refractivity contribution in [3.8, 4) is 0 Å². The Kier molecular flexibility index (Phi) is 8.70. The summed E-state index contributed by atoms with van der Waals surface area (Å²) in [7, 11) is 0. The summed E-state index contributed by atoms with van der Waals surface area (Å²) in [6, 6.07) is 18.6. The number of rotatable bonds is 11. The van der Waals surface area contributed by atoms with Crippen molar-refractivity contribution in [2.24, 2.45) is 0 Å². The Labute approximate surface area is 153 Å². The molecule has 26 heavy (non-hydrogen) atoms. The first-order chi connectivity index (χ1) is 12.7. The standard InChI is InChI=1S/C20H26O6/c21-11-17(25-13-15-7-3-1-4-8-15)19(23)20(24)18(12-22)26-14-16-9-5-2-6-10-16/h1-10,17-24H,11-14H2/t17-,18-,19-,20-/m1/s1. The molecule has 0 aliphatic heterocycles. The van der Waals surface area contributed by atoms with Crippen molar-refractivity contribution in [3.05, 3.63) is 71.8 Å². The topological polar surface area (TPSA) is 99.4 Å². The van der Waals surface area contributed by atoms with Gasteiger partial charge in [-0.2, -0.15) is 0 Å². The lowest BCUT2D eigenvalue weighted by molar-refractivity contribution is -0.159. The van der Waals surface area contributed by atoms with Gasteiger partial charge >= 0.3 is 0 Å². The third-order valence-corrected chi connectivity index (χ3v) is 4.09.